The summed E-state index contributed by atoms with van der Waals surface area (Å²) >= 11 is 0. The summed E-state index contributed by atoms with van der Waals surface area (Å²) in [7, 11) is 0. The summed E-state index contributed by atoms with van der Waals surface area (Å²) < 4.78 is 16.6. The average molecular weight is 425 g/mol. The fraction of sp³-hybridized carbons (Fsp3) is 0.444. The monoisotopic (exact) mass is 424 g/mol. The van der Waals surface area contributed by atoms with Crippen LogP contribution < -0.4 is 9.47 Å². The van der Waals surface area contributed by atoms with Gasteiger partial charge < -0.3 is 14.2 Å². The predicted octanol–water partition coefficient (Wildman–Crippen LogP) is 6.98. The smallest absolute Gasteiger partial charge is 0.330 e. The van der Waals surface area contributed by atoms with E-state index < -0.39 is 0 Å². The number of hydrogen-bond donors (Lipinski definition) is 0. The molecule has 0 amide bonds. The molecule has 2 aromatic rings. The molecular formula is C27H36O4. The van der Waals surface area contributed by atoms with Gasteiger partial charge in [0.05, 0.1) is 19.8 Å². The van der Waals surface area contributed by atoms with Crippen molar-refractivity contribution in [2.45, 2.75) is 58.3 Å². The van der Waals surface area contributed by atoms with Gasteiger partial charge in [-0.05, 0) is 54.7 Å². The number of rotatable bonds is 16. The van der Waals surface area contributed by atoms with Crippen molar-refractivity contribution in [2.24, 2.45) is 0 Å². The van der Waals surface area contributed by atoms with Gasteiger partial charge in [0.1, 0.15) is 11.5 Å². The molecular weight excluding hydrogens is 388 g/mol. The number of benzene rings is 2. The maximum absolute atomic E-state index is 11.0. The van der Waals surface area contributed by atoms with Crippen LogP contribution in [0.1, 0.15) is 58.3 Å². The first-order valence-electron chi connectivity index (χ1n) is 11.5. The van der Waals surface area contributed by atoms with Crippen molar-refractivity contribution in [3.8, 4) is 22.6 Å². The molecule has 0 aliphatic heterocycles. The van der Waals surface area contributed by atoms with E-state index in [1.54, 1.807) is 0 Å². The molecule has 0 atom stereocenters. The molecule has 2 aromatic carbocycles. The first-order chi connectivity index (χ1) is 15.2. The lowest BCUT2D eigenvalue weighted by Gasteiger charge is -2.09. The zero-order valence-corrected chi connectivity index (χ0v) is 18.8. The number of unbranched alkanes of at least 4 members (excludes halogenated alkanes) is 6. The second-order valence-corrected chi connectivity index (χ2v) is 7.59. The van der Waals surface area contributed by atoms with Gasteiger partial charge in [-0.25, -0.2) is 4.79 Å². The Hall–Kier alpha value is -2.75. The topological polar surface area (TPSA) is 44.8 Å². The van der Waals surface area contributed by atoms with Crippen LogP contribution in [0.3, 0.4) is 0 Å². The van der Waals surface area contributed by atoms with Gasteiger partial charge >= 0.3 is 5.97 Å². The molecule has 2 rings (SSSR count). The van der Waals surface area contributed by atoms with Gasteiger partial charge in [0.25, 0.3) is 0 Å². The SMILES string of the molecule is C=CC(=O)OCCCCOc1ccc(-c2ccc(OCCCCCCCC)cc2)cc1. The molecule has 0 aliphatic rings. The van der Waals surface area contributed by atoms with Crippen molar-refractivity contribution in [3.63, 3.8) is 0 Å². The van der Waals surface area contributed by atoms with E-state index in [9.17, 15) is 4.79 Å². The lowest BCUT2D eigenvalue weighted by atomic mass is 10.1. The molecule has 0 aromatic heterocycles. The zero-order chi connectivity index (χ0) is 22.2. The highest BCUT2D eigenvalue weighted by atomic mass is 16.5. The molecule has 168 valence electrons. The highest BCUT2D eigenvalue weighted by Crippen LogP contribution is 2.25. The second-order valence-electron chi connectivity index (χ2n) is 7.59. The molecule has 0 fully saturated rings. The van der Waals surface area contributed by atoms with Crippen LogP contribution in [0, 0.1) is 0 Å². The van der Waals surface area contributed by atoms with Crippen LogP contribution >= 0.6 is 0 Å². The van der Waals surface area contributed by atoms with Crippen LogP contribution in [0.2, 0.25) is 0 Å². The van der Waals surface area contributed by atoms with E-state index in [0.717, 1.165) is 48.5 Å². The van der Waals surface area contributed by atoms with Crippen molar-refractivity contribution >= 4 is 5.97 Å². The minimum Gasteiger partial charge on any atom is -0.494 e. The molecule has 0 saturated heterocycles. The molecule has 0 N–H and O–H groups in total. The van der Waals surface area contributed by atoms with Gasteiger partial charge in [-0.2, -0.15) is 0 Å². The molecule has 4 heteroatoms. The predicted molar refractivity (Wildman–Crippen MR) is 127 cm³/mol. The van der Waals surface area contributed by atoms with Crippen LogP contribution in [-0.2, 0) is 9.53 Å². The highest BCUT2D eigenvalue weighted by molar-refractivity contribution is 5.81. The molecule has 31 heavy (non-hydrogen) atoms. The van der Waals surface area contributed by atoms with Crippen LogP contribution in [0.15, 0.2) is 61.2 Å². The Balaban J connectivity index is 1.66. The number of carbonyl (C=O) groups is 1. The van der Waals surface area contributed by atoms with Crippen molar-refractivity contribution in [1.82, 2.24) is 0 Å². The molecule has 0 bridgehead atoms. The van der Waals surface area contributed by atoms with E-state index in [2.05, 4.69) is 37.8 Å². The standard InChI is InChI=1S/C27H36O4/c1-3-5-6-7-8-9-20-29-25-16-12-23(13-17-25)24-14-18-26(19-15-24)30-21-10-11-22-31-27(28)4-2/h4,12-19H,2-3,5-11,20-22H2,1H3. The summed E-state index contributed by atoms with van der Waals surface area (Å²) in [5, 5.41) is 0. The third-order valence-electron chi connectivity index (χ3n) is 5.03. The fourth-order valence-corrected chi connectivity index (χ4v) is 3.19. The van der Waals surface area contributed by atoms with Crippen LogP contribution in [0.25, 0.3) is 11.1 Å². The van der Waals surface area contributed by atoms with Crippen molar-refractivity contribution in [3.05, 3.63) is 61.2 Å². The molecule has 0 spiro atoms. The lowest BCUT2D eigenvalue weighted by molar-refractivity contribution is -0.137. The van der Waals surface area contributed by atoms with Crippen molar-refractivity contribution in [1.29, 1.82) is 0 Å². The molecule has 0 unspecified atom stereocenters. The van der Waals surface area contributed by atoms with Gasteiger partial charge in [0.15, 0.2) is 0 Å². The van der Waals surface area contributed by atoms with Gasteiger partial charge in [0.2, 0.25) is 0 Å². The summed E-state index contributed by atoms with van der Waals surface area (Å²) in [6.45, 7) is 7.38. The largest absolute Gasteiger partial charge is 0.494 e. The summed E-state index contributed by atoms with van der Waals surface area (Å²) in [6.07, 6.45) is 10.4. The van der Waals surface area contributed by atoms with Crippen molar-refractivity contribution in [2.75, 3.05) is 19.8 Å². The third kappa shape index (κ3) is 10.2. The summed E-state index contributed by atoms with van der Waals surface area (Å²) in [6, 6.07) is 16.4. The Labute approximate surface area is 187 Å². The maximum atomic E-state index is 11.0. The minimum atomic E-state index is -0.381. The molecule has 0 radical (unpaired) electrons. The third-order valence-corrected chi connectivity index (χ3v) is 5.03. The van der Waals surface area contributed by atoms with E-state index in [1.165, 1.54) is 38.2 Å². The van der Waals surface area contributed by atoms with E-state index in [1.807, 2.05) is 24.3 Å². The Bertz CT molecular complexity index is 750. The quantitative estimate of drug-likeness (QED) is 0.166. The highest BCUT2D eigenvalue weighted by Gasteiger charge is 2.01. The average Bonchev–Trinajstić information content (AvgIpc) is 2.81. The summed E-state index contributed by atoms with van der Waals surface area (Å²) in [4.78, 5) is 11.0. The zero-order valence-electron chi connectivity index (χ0n) is 18.8. The van der Waals surface area contributed by atoms with Crippen LogP contribution in [-0.4, -0.2) is 25.8 Å². The van der Waals surface area contributed by atoms with E-state index in [-0.39, 0.29) is 5.97 Å². The number of esters is 1. The molecule has 0 saturated carbocycles. The van der Waals surface area contributed by atoms with Gasteiger partial charge in [-0.1, -0.05) is 69.9 Å². The Morgan fingerprint density at radius 2 is 1.16 bits per heavy atom. The molecule has 0 aliphatic carbocycles. The van der Waals surface area contributed by atoms with Crippen molar-refractivity contribution < 1.29 is 19.0 Å². The molecule has 0 heterocycles. The summed E-state index contributed by atoms with van der Waals surface area (Å²) in [5.74, 6) is 1.38. The van der Waals surface area contributed by atoms with E-state index >= 15 is 0 Å². The Morgan fingerprint density at radius 1 is 0.710 bits per heavy atom. The lowest BCUT2D eigenvalue weighted by Crippen LogP contribution is -2.04. The normalized spacial score (nSPS) is 10.5. The van der Waals surface area contributed by atoms with Gasteiger partial charge in [-0.15, -0.1) is 0 Å². The second kappa shape index (κ2) is 15.1. The maximum Gasteiger partial charge on any atom is 0.330 e. The molecule has 4 nitrogen and oxygen atoms in total. The van der Waals surface area contributed by atoms with Gasteiger partial charge in [-0.3, -0.25) is 0 Å². The van der Waals surface area contributed by atoms with Crippen LogP contribution in [0.4, 0.5) is 0 Å². The first-order valence-corrected chi connectivity index (χ1v) is 11.5. The number of ether oxygens (including phenoxy) is 3. The van der Waals surface area contributed by atoms with E-state index in [0.29, 0.717) is 13.2 Å². The Kier molecular flexibility index (Phi) is 12.0. The van der Waals surface area contributed by atoms with E-state index in [4.69, 9.17) is 14.2 Å². The number of hydrogen-bond acceptors (Lipinski definition) is 4. The number of carbonyl (C=O) groups excluding carboxylic acids is 1. The minimum absolute atomic E-state index is 0.381. The fourth-order valence-electron chi connectivity index (χ4n) is 3.19. The van der Waals surface area contributed by atoms with Crippen LogP contribution in [0.5, 0.6) is 11.5 Å². The summed E-state index contributed by atoms with van der Waals surface area (Å²) in [5.41, 5.74) is 2.30. The van der Waals surface area contributed by atoms with Gasteiger partial charge in [0, 0.05) is 6.08 Å². The Morgan fingerprint density at radius 3 is 1.68 bits per heavy atom. The first kappa shape index (κ1) is 24.5.